The SMILES string of the molecule is Brc1cc2c3nccnc3c3cc(Br)sc3c2s1.C/C=C/c1cc2c3nccnc3c3cc(C)sc3c2s1.CCC[CH2][Sn](/[CH]=[CH]/[Sn]([CH2]CCC)([CH2]CCC)[CH2]CCC)([CH2]CCC)[CH2]CCC.NCCN.O=C1C(=O)c2ccsc2-c2sccc21.[B]=NS.c1cnc2c3ccsc3c3sccc3c2n1. The van der Waals surface area contributed by atoms with Crippen LogP contribution >= 0.6 is 135 Å². The van der Waals surface area contributed by atoms with Crippen molar-refractivity contribution in [2.45, 2.75) is 159 Å². The second kappa shape index (κ2) is 41.8. The molecule has 1 aliphatic carbocycles. The fourth-order valence-corrected chi connectivity index (χ4v) is 63.6. The second-order valence-electron chi connectivity index (χ2n) is 25.5. The predicted octanol–water partition coefficient (Wildman–Crippen LogP) is 27.3. The van der Waals surface area contributed by atoms with Gasteiger partial charge in [-0.3, -0.25) is 39.5 Å². The number of allylic oxidation sites excluding steroid dienone is 1. The van der Waals surface area contributed by atoms with Crippen LogP contribution in [0.4, 0.5) is 0 Å². The molecule has 11 nitrogen and oxygen atoms in total. The number of rotatable bonds is 22. The molecule has 0 amide bonds. The van der Waals surface area contributed by atoms with E-state index in [9.17, 15) is 9.59 Å². The summed E-state index contributed by atoms with van der Waals surface area (Å²) < 4.78 is 28.9. The van der Waals surface area contributed by atoms with Crippen molar-refractivity contribution in [1.29, 1.82) is 0 Å². The van der Waals surface area contributed by atoms with Gasteiger partial charge in [0.1, 0.15) is 0 Å². The van der Waals surface area contributed by atoms with Gasteiger partial charge in [0, 0.05) is 103 Å². The van der Waals surface area contributed by atoms with Gasteiger partial charge in [0.15, 0.2) is 0 Å². The Balaban J connectivity index is 0.000000148. The van der Waals surface area contributed by atoms with Crippen molar-refractivity contribution in [3.8, 4) is 9.75 Å². The third-order valence-electron chi connectivity index (χ3n) is 18.3. The van der Waals surface area contributed by atoms with Gasteiger partial charge in [-0.25, -0.2) is 0 Å². The van der Waals surface area contributed by atoms with E-state index in [0.717, 1.165) is 50.4 Å². The molecule has 1 aliphatic rings. The van der Waals surface area contributed by atoms with Crippen LogP contribution in [0.2, 0.25) is 26.6 Å². The second-order valence-corrected chi connectivity index (χ2v) is 62.6. The van der Waals surface area contributed by atoms with Crippen molar-refractivity contribution in [1.82, 2.24) is 29.9 Å². The molecule has 25 heteroatoms. The van der Waals surface area contributed by atoms with Gasteiger partial charge >= 0.3 is 215 Å². The van der Waals surface area contributed by atoms with E-state index in [-0.39, 0.29) is 11.6 Å². The minimum atomic E-state index is -2.10. The molecule has 0 bridgehead atoms. The minimum Gasteiger partial charge on any atom is -0.252 e. The molecule has 15 rings (SSSR count). The van der Waals surface area contributed by atoms with Gasteiger partial charge < -0.3 is 11.5 Å². The van der Waals surface area contributed by atoms with Gasteiger partial charge in [-0.05, 0) is 122 Å². The van der Waals surface area contributed by atoms with Crippen LogP contribution < -0.4 is 11.5 Å². The van der Waals surface area contributed by atoms with Crippen LogP contribution in [-0.4, -0.2) is 99.0 Å². The van der Waals surface area contributed by atoms with Gasteiger partial charge in [-0.2, -0.15) is 0 Å². The number of Topliss-reactive ketones (excluding diaryl/α,β-unsaturated/α-hetero) is 2. The maximum Gasteiger partial charge on any atom is 0.0980 e. The van der Waals surface area contributed by atoms with E-state index >= 15 is 0 Å². The number of nitrogens with zero attached hydrogens (tertiary/aromatic N) is 7. The van der Waals surface area contributed by atoms with Crippen LogP contribution in [0.5, 0.6) is 0 Å². The average molecular weight is 1880 g/mol. The van der Waals surface area contributed by atoms with Crippen LogP contribution in [0.25, 0.3) is 109 Å². The fraction of sp³-hybridized carbons (Fsp3) is 0.359. The molecule has 11 heterocycles. The van der Waals surface area contributed by atoms with E-state index in [0.29, 0.717) is 24.2 Å². The molecule has 539 valence electrons. The first kappa shape index (κ1) is 83.4. The molecule has 4 N–H and O–H groups in total. The van der Waals surface area contributed by atoms with E-state index in [1.807, 2.05) is 40.4 Å². The van der Waals surface area contributed by atoms with Crippen molar-refractivity contribution in [3.05, 3.63) is 150 Å². The number of aromatic nitrogens is 6. The molecule has 0 saturated heterocycles. The van der Waals surface area contributed by atoms with E-state index in [1.54, 1.807) is 121 Å². The van der Waals surface area contributed by atoms with Crippen molar-refractivity contribution < 1.29 is 9.59 Å². The average Bonchev–Trinajstić information content (AvgIpc) is 1.63. The number of ketones is 2. The van der Waals surface area contributed by atoms with Gasteiger partial charge in [-0.15, -0.1) is 90.7 Å². The Morgan fingerprint density at radius 1 is 0.456 bits per heavy atom. The van der Waals surface area contributed by atoms with Crippen LogP contribution in [0.1, 0.15) is 156 Å². The number of benzene rings is 3. The summed E-state index contributed by atoms with van der Waals surface area (Å²) in [6.45, 7) is 19.9. The summed E-state index contributed by atoms with van der Waals surface area (Å²) in [6.07, 6.45) is 32.3. The monoisotopic (exact) mass is 1880 g/mol. The van der Waals surface area contributed by atoms with Crippen LogP contribution in [0, 0.1) is 6.92 Å². The first-order valence-electron chi connectivity index (χ1n) is 35.6. The molecule has 0 fully saturated rings. The van der Waals surface area contributed by atoms with Gasteiger partial charge in [0.2, 0.25) is 11.6 Å². The first-order valence-corrected chi connectivity index (χ1v) is 59.8. The number of thiol groups is 1. The van der Waals surface area contributed by atoms with E-state index < -0.39 is 36.8 Å². The molecule has 0 atom stereocenters. The molecular weight excluding hydrogens is 1790 g/mol. The number of thiophene rings is 8. The molecular formula is C78H91BBr2N9O2S9Sn2. The molecule has 1 radical (unpaired) electrons. The topological polar surface area (TPSA) is 176 Å². The number of carbonyl (C=O) groups is 2. The smallest absolute Gasteiger partial charge is 0.0980 e. The summed E-state index contributed by atoms with van der Waals surface area (Å²) in [7, 11) is 4.34. The molecule has 14 aromatic rings. The number of carbonyl (C=O) groups excluding carboxylic acids is 2. The summed E-state index contributed by atoms with van der Waals surface area (Å²) in [5, 5.41) is 15.2. The summed E-state index contributed by atoms with van der Waals surface area (Å²) in [6, 6.07) is 16.4. The Morgan fingerprint density at radius 2 is 0.767 bits per heavy atom. The number of aryl methyl sites for hydroxylation is 1. The zero-order valence-electron chi connectivity index (χ0n) is 60.0. The predicted molar refractivity (Wildman–Crippen MR) is 476 cm³/mol. The number of halogens is 2. The Labute approximate surface area is 670 Å². The maximum atomic E-state index is 11.6. The van der Waals surface area contributed by atoms with E-state index in [4.69, 9.17) is 11.5 Å². The quantitative estimate of drug-likeness (QED) is 0.0336. The minimum absolute atomic E-state index is 0.368. The van der Waals surface area contributed by atoms with Crippen molar-refractivity contribution >= 4 is 291 Å². The molecule has 103 heavy (non-hydrogen) atoms. The molecule has 0 saturated carbocycles. The number of hydrogen-bond donors (Lipinski definition) is 3. The summed E-state index contributed by atoms with van der Waals surface area (Å²) in [4.78, 5) is 54.7. The molecule has 0 aliphatic heterocycles. The third-order valence-corrected chi connectivity index (χ3v) is 58.8. The maximum absolute atomic E-state index is 11.6. The zero-order chi connectivity index (χ0) is 73.5. The van der Waals surface area contributed by atoms with Crippen LogP contribution in [-0.2, 0) is 0 Å². The Hall–Kier alpha value is -3.65. The van der Waals surface area contributed by atoms with Crippen molar-refractivity contribution in [3.63, 3.8) is 0 Å². The normalized spacial score (nSPS) is 12.1. The molecule has 0 unspecified atom stereocenters. The van der Waals surface area contributed by atoms with Gasteiger partial charge in [0.05, 0.1) is 78.6 Å². The number of nitrogens with two attached hydrogens (primary N) is 2. The number of fused-ring (bicyclic) bond motifs is 21. The molecule has 3 aromatic carbocycles. The fourth-order valence-electron chi connectivity index (χ4n) is 13.2. The van der Waals surface area contributed by atoms with E-state index in [2.05, 4.69) is 202 Å². The Bertz CT molecular complexity index is 4890. The van der Waals surface area contributed by atoms with Gasteiger partial charge in [0.25, 0.3) is 0 Å². The molecule has 0 spiro atoms. The van der Waals surface area contributed by atoms with Gasteiger partial charge in [-0.1, -0.05) is 6.08 Å². The zero-order valence-corrected chi connectivity index (χ0v) is 76.3. The summed E-state index contributed by atoms with van der Waals surface area (Å²) in [5.41, 5.74) is 17.0. The van der Waals surface area contributed by atoms with Crippen molar-refractivity contribution in [2.75, 3.05) is 13.1 Å². The van der Waals surface area contributed by atoms with Crippen LogP contribution in [0.15, 0.2) is 133 Å². The standard InChI is InChI=1S/C16H12N2S2.C12H4Br2N2S2.C12H6N2S2.C10H4O2S2.6C4H9.C2H8N2.C2H2.BHNS.2Sn/c1-3-4-10-8-12-14-13(17-5-6-18-14)11-7-9(2)19-15(11)16(12)20-10;13-7-3-5-9-10(16-2-1-15-9)6-4-8(14)18-12(6)11(5)17-7;1-5-15-11-7(1)9-10(14-4-3-13-9)8-2-6-16-12(8)11;11-7-5-1-3-13-9(5)10-6(8(7)12)2-4-14-10;6*1-3-4-2;3-1-2-4;1-2;1-2-3;;/h3-8H,1-2H3;1-4H;1-6H;1-4H;6*1,3-4H2,2H3;1-4H2;1-2H;3H;;/b4-3+;;;;;;;;;;;;;;. The van der Waals surface area contributed by atoms with Crippen molar-refractivity contribution in [2.24, 2.45) is 15.8 Å². The first-order chi connectivity index (χ1) is 50.1. The number of hydrogen-bond acceptors (Lipinski definition) is 20. The number of unbranched alkanes of at least 4 members (excludes halogenated alkanes) is 6. The third kappa shape index (κ3) is 20.6. The molecule has 11 aromatic heterocycles. The van der Waals surface area contributed by atoms with Crippen LogP contribution in [0.3, 0.4) is 0 Å². The largest absolute Gasteiger partial charge is 0.252 e. The summed E-state index contributed by atoms with van der Waals surface area (Å²) >= 11 is 19.9. The summed E-state index contributed by atoms with van der Waals surface area (Å²) in [5.74, 6) is -0.737. The van der Waals surface area contributed by atoms with E-state index in [1.165, 1.54) is 170 Å². The Kier molecular flexibility index (Phi) is 33.8. The Morgan fingerprint density at radius 3 is 1.11 bits per heavy atom.